The van der Waals surface area contributed by atoms with Crippen molar-refractivity contribution in [2.75, 3.05) is 27.3 Å². The zero-order valence-electron chi connectivity index (χ0n) is 14.8. The van der Waals surface area contributed by atoms with Crippen molar-refractivity contribution in [3.05, 3.63) is 65.7 Å². The van der Waals surface area contributed by atoms with E-state index in [1.807, 2.05) is 42.5 Å². The topological polar surface area (TPSA) is 59.6 Å². The second-order valence-electron chi connectivity index (χ2n) is 5.73. The zero-order valence-corrected chi connectivity index (χ0v) is 14.8. The van der Waals surface area contributed by atoms with E-state index in [4.69, 9.17) is 9.47 Å². The molecule has 2 rings (SSSR count). The minimum Gasteiger partial charge on any atom is -0.497 e. The Balaban J connectivity index is 1.70. The van der Waals surface area contributed by atoms with Gasteiger partial charge in [-0.3, -0.25) is 0 Å². The molecule has 0 saturated carbocycles. The largest absolute Gasteiger partial charge is 0.497 e. The number of benzene rings is 2. The van der Waals surface area contributed by atoms with Gasteiger partial charge in [0.15, 0.2) is 0 Å². The van der Waals surface area contributed by atoms with Gasteiger partial charge in [-0.15, -0.1) is 0 Å². The number of methoxy groups -OCH3 is 2. The Labute approximate surface area is 149 Å². The van der Waals surface area contributed by atoms with Gasteiger partial charge in [0.1, 0.15) is 5.75 Å². The van der Waals surface area contributed by atoms with Gasteiger partial charge in [-0.25, -0.2) is 4.79 Å². The van der Waals surface area contributed by atoms with Crippen molar-refractivity contribution in [2.24, 2.45) is 0 Å². The normalized spacial score (nSPS) is 11.6. The van der Waals surface area contributed by atoms with Gasteiger partial charge in [0.2, 0.25) is 0 Å². The SMILES string of the molecule is COc1cccc(C(CNC(=O)NCCCc2ccccc2)OC)c1. The molecule has 25 heavy (non-hydrogen) atoms. The minimum atomic E-state index is -0.217. The summed E-state index contributed by atoms with van der Waals surface area (Å²) in [6, 6.07) is 17.7. The first-order valence-electron chi connectivity index (χ1n) is 8.45. The molecular weight excluding hydrogens is 316 g/mol. The van der Waals surface area contributed by atoms with Gasteiger partial charge >= 0.3 is 6.03 Å². The highest BCUT2D eigenvalue weighted by molar-refractivity contribution is 5.73. The third kappa shape index (κ3) is 6.47. The Morgan fingerprint density at radius 2 is 1.84 bits per heavy atom. The number of hydrogen-bond acceptors (Lipinski definition) is 3. The maximum absolute atomic E-state index is 11.9. The van der Waals surface area contributed by atoms with Crippen LogP contribution in [0.25, 0.3) is 0 Å². The number of carbonyl (C=O) groups excluding carboxylic acids is 1. The fraction of sp³-hybridized carbons (Fsp3) is 0.350. The van der Waals surface area contributed by atoms with Crippen molar-refractivity contribution in [3.63, 3.8) is 0 Å². The lowest BCUT2D eigenvalue weighted by molar-refractivity contribution is 0.104. The summed E-state index contributed by atoms with van der Waals surface area (Å²) >= 11 is 0. The second-order valence-corrected chi connectivity index (χ2v) is 5.73. The Hall–Kier alpha value is -2.53. The van der Waals surface area contributed by atoms with Crippen LogP contribution in [0.4, 0.5) is 4.79 Å². The molecule has 5 nitrogen and oxygen atoms in total. The lowest BCUT2D eigenvalue weighted by Gasteiger charge is -2.17. The van der Waals surface area contributed by atoms with Gasteiger partial charge in [-0.05, 0) is 36.1 Å². The monoisotopic (exact) mass is 342 g/mol. The first-order chi connectivity index (χ1) is 12.2. The molecule has 2 aromatic rings. The van der Waals surface area contributed by atoms with E-state index in [0.717, 1.165) is 24.2 Å². The Kier molecular flexibility index (Phi) is 7.79. The van der Waals surface area contributed by atoms with Crippen LogP contribution in [0.5, 0.6) is 5.75 Å². The molecule has 0 aliphatic carbocycles. The molecule has 0 aromatic heterocycles. The smallest absolute Gasteiger partial charge is 0.314 e. The van der Waals surface area contributed by atoms with Gasteiger partial charge in [-0.1, -0.05) is 42.5 Å². The number of nitrogens with one attached hydrogen (secondary N) is 2. The van der Waals surface area contributed by atoms with Gasteiger partial charge in [-0.2, -0.15) is 0 Å². The van der Waals surface area contributed by atoms with Crippen LogP contribution in [0.1, 0.15) is 23.7 Å². The van der Waals surface area contributed by atoms with Crippen LogP contribution in [0.15, 0.2) is 54.6 Å². The summed E-state index contributed by atoms with van der Waals surface area (Å²) in [6.45, 7) is 1.03. The predicted molar refractivity (Wildman–Crippen MR) is 98.9 cm³/mol. The molecule has 0 radical (unpaired) electrons. The van der Waals surface area contributed by atoms with E-state index in [1.165, 1.54) is 5.56 Å². The highest BCUT2D eigenvalue weighted by Crippen LogP contribution is 2.20. The van der Waals surface area contributed by atoms with E-state index in [2.05, 4.69) is 22.8 Å². The number of ether oxygens (including phenoxy) is 2. The summed E-state index contributed by atoms with van der Waals surface area (Å²) in [5.74, 6) is 0.768. The number of carbonyl (C=O) groups is 1. The maximum Gasteiger partial charge on any atom is 0.314 e. The second kappa shape index (κ2) is 10.4. The number of rotatable bonds is 9. The van der Waals surface area contributed by atoms with Crippen LogP contribution < -0.4 is 15.4 Å². The first-order valence-corrected chi connectivity index (χ1v) is 8.45. The van der Waals surface area contributed by atoms with E-state index >= 15 is 0 Å². The van der Waals surface area contributed by atoms with E-state index in [0.29, 0.717) is 13.1 Å². The van der Waals surface area contributed by atoms with Crippen molar-refractivity contribution in [3.8, 4) is 5.75 Å². The van der Waals surface area contributed by atoms with Gasteiger partial charge < -0.3 is 20.1 Å². The first kappa shape index (κ1) is 18.8. The van der Waals surface area contributed by atoms with Gasteiger partial charge in [0, 0.05) is 20.2 Å². The quantitative estimate of drug-likeness (QED) is 0.687. The molecule has 0 aliphatic heterocycles. The highest BCUT2D eigenvalue weighted by atomic mass is 16.5. The van der Waals surface area contributed by atoms with Gasteiger partial charge in [0.05, 0.1) is 13.2 Å². The molecule has 2 amide bonds. The number of hydrogen-bond donors (Lipinski definition) is 2. The van der Waals surface area contributed by atoms with E-state index in [-0.39, 0.29) is 12.1 Å². The van der Waals surface area contributed by atoms with E-state index in [9.17, 15) is 4.79 Å². The molecule has 2 aromatic carbocycles. The molecule has 0 saturated heterocycles. The van der Waals surface area contributed by atoms with E-state index < -0.39 is 0 Å². The molecule has 0 heterocycles. The van der Waals surface area contributed by atoms with Crippen LogP contribution in [0.3, 0.4) is 0 Å². The molecule has 1 atom stereocenters. The number of urea groups is 1. The standard InChI is InChI=1S/C20H26N2O3/c1-24-18-12-6-11-17(14-18)19(25-2)15-22-20(23)21-13-7-10-16-8-4-3-5-9-16/h3-6,8-9,11-12,14,19H,7,10,13,15H2,1-2H3,(H2,21,22,23). The van der Waals surface area contributed by atoms with Crippen molar-refractivity contribution in [1.82, 2.24) is 10.6 Å². The molecule has 2 N–H and O–H groups in total. The molecule has 0 fully saturated rings. The lowest BCUT2D eigenvalue weighted by atomic mass is 10.1. The zero-order chi connectivity index (χ0) is 17.9. The number of amides is 2. The predicted octanol–water partition coefficient (Wildman–Crippen LogP) is 3.31. The van der Waals surface area contributed by atoms with Crippen LogP contribution in [0, 0.1) is 0 Å². The van der Waals surface area contributed by atoms with Gasteiger partial charge in [0.25, 0.3) is 0 Å². The Morgan fingerprint density at radius 3 is 2.56 bits per heavy atom. The van der Waals surface area contributed by atoms with Crippen molar-refractivity contribution in [2.45, 2.75) is 18.9 Å². The molecule has 0 spiro atoms. The maximum atomic E-state index is 11.9. The fourth-order valence-electron chi connectivity index (χ4n) is 2.57. The number of aryl methyl sites for hydroxylation is 1. The minimum absolute atomic E-state index is 0.182. The van der Waals surface area contributed by atoms with Crippen LogP contribution in [-0.2, 0) is 11.2 Å². The highest BCUT2D eigenvalue weighted by Gasteiger charge is 2.12. The average molecular weight is 342 g/mol. The molecule has 0 bridgehead atoms. The summed E-state index contributed by atoms with van der Waals surface area (Å²) in [6.07, 6.45) is 1.64. The van der Waals surface area contributed by atoms with Crippen LogP contribution >= 0.6 is 0 Å². The van der Waals surface area contributed by atoms with Crippen LogP contribution in [-0.4, -0.2) is 33.3 Å². The van der Waals surface area contributed by atoms with Crippen molar-refractivity contribution >= 4 is 6.03 Å². The lowest BCUT2D eigenvalue weighted by Crippen LogP contribution is -2.38. The molecule has 5 heteroatoms. The summed E-state index contributed by atoms with van der Waals surface area (Å²) in [7, 11) is 3.26. The summed E-state index contributed by atoms with van der Waals surface area (Å²) in [5.41, 5.74) is 2.24. The van der Waals surface area contributed by atoms with E-state index in [1.54, 1.807) is 14.2 Å². The van der Waals surface area contributed by atoms with Crippen molar-refractivity contribution in [1.29, 1.82) is 0 Å². The molecule has 134 valence electrons. The summed E-state index contributed by atoms with van der Waals surface area (Å²) in [4.78, 5) is 11.9. The molecule has 1 unspecified atom stereocenters. The summed E-state index contributed by atoms with van der Waals surface area (Å²) in [5, 5.41) is 5.73. The van der Waals surface area contributed by atoms with Crippen LogP contribution in [0.2, 0.25) is 0 Å². The third-order valence-corrected chi connectivity index (χ3v) is 3.97. The summed E-state index contributed by atoms with van der Waals surface area (Å²) < 4.78 is 10.7. The fourth-order valence-corrected chi connectivity index (χ4v) is 2.57. The Morgan fingerprint density at radius 1 is 1.04 bits per heavy atom. The Bertz CT molecular complexity index is 646. The molecule has 0 aliphatic rings. The van der Waals surface area contributed by atoms with Crippen molar-refractivity contribution < 1.29 is 14.3 Å². The molecular formula is C20H26N2O3. The average Bonchev–Trinajstić information content (AvgIpc) is 2.67. The third-order valence-electron chi connectivity index (χ3n) is 3.97.